The van der Waals surface area contributed by atoms with Crippen molar-refractivity contribution in [3.63, 3.8) is 0 Å². The number of nitrogens with zero attached hydrogens (tertiary/aromatic N) is 1. The summed E-state index contributed by atoms with van der Waals surface area (Å²) in [6.07, 6.45) is 5.45. The first kappa shape index (κ1) is 14.5. The normalized spacial score (nSPS) is 25.2. The highest BCUT2D eigenvalue weighted by molar-refractivity contribution is 4.94. The van der Waals surface area contributed by atoms with E-state index in [9.17, 15) is 0 Å². The van der Waals surface area contributed by atoms with Gasteiger partial charge in [0.05, 0.1) is 12.5 Å². The molecule has 0 bridgehead atoms. The second-order valence-corrected chi connectivity index (χ2v) is 7.24. The summed E-state index contributed by atoms with van der Waals surface area (Å²) in [4.78, 5) is 0. The first-order chi connectivity index (χ1) is 7.78. The molecule has 0 amide bonds. The Bertz CT molecular complexity index is 270. The number of nitriles is 1. The molecule has 0 aromatic carbocycles. The Morgan fingerprint density at radius 3 is 2.18 bits per heavy atom. The fraction of sp³-hybridized carbons (Fsp3) is 0.933. The van der Waals surface area contributed by atoms with E-state index in [0.29, 0.717) is 29.3 Å². The molecule has 1 rings (SSSR count). The van der Waals surface area contributed by atoms with Crippen LogP contribution < -0.4 is 5.32 Å². The topological polar surface area (TPSA) is 35.8 Å². The van der Waals surface area contributed by atoms with Crippen LogP contribution in [0.1, 0.15) is 66.7 Å². The standard InChI is InChI=1S/C15H28N2/c1-6-12(7-8-16)17-13-9-14(2,3)11-15(4,5)10-13/h12-13,17H,6-7,9-11H2,1-5H3. The Morgan fingerprint density at radius 1 is 1.24 bits per heavy atom. The maximum atomic E-state index is 8.81. The lowest BCUT2D eigenvalue weighted by atomic mass is 9.63. The molecule has 17 heavy (non-hydrogen) atoms. The van der Waals surface area contributed by atoms with Crippen molar-refractivity contribution in [3.05, 3.63) is 0 Å². The molecule has 2 heteroatoms. The van der Waals surface area contributed by atoms with Gasteiger partial charge in [-0.1, -0.05) is 34.6 Å². The zero-order chi connectivity index (χ0) is 13.1. The second kappa shape index (κ2) is 5.40. The third-order valence-electron chi connectivity index (χ3n) is 3.86. The first-order valence-electron chi connectivity index (χ1n) is 6.91. The van der Waals surface area contributed by atoms with Gasteiger partial charge in [-0.25, -0.2) is 0 Å². The van der Waals surface area contributed by atoms with Gasteiger partial charge in [-0.2, -0.15) is 5.26 Å². The van der Waals surface area contributed by atoms with Crippen LogP contribution in [-0.2, 0) is 0 Å². The zero-order valence-electron chi connectivity index (χ0n) is 12.1. The third kappa shape index (κ3) is 4.68. The molecule has 0 aliphatic heterocycles. The van der Waals surface area contributed by atoms with E-state index >= 15 is 0 Å². The van der Waals surface area contributed by atoms with Gasteiger partial charge in [0.15, 0.2) is 0 Å². The summed E-state index contributed by atoms with van der Waals surface area (Å²) < 4.78 is 0. The molecular formula is C15H28N2. The van der Waals surface area contributed by atoms with Crippen molar-refractivity contribution < 1.29 is 0 Å². The van der Waals surface area contributed by atoms with Crippen molar-refractivity contribution in [2.45, 2.75) is 78.8 Å². The molecule has 1 aliphatic rings. The van der Waals surface area contributed by atoms with Crippen LogP contribution in [0.3, 0.4) is 0 Å². The van der Waals surface area contributed by atoms with Crippen molar-refractivity contribution in [2.75, 3.05) is 0 Å². The Hall–Kier alpha value is -0.550. The first-order valence-corrected chi connectivity index (χ1v) is 6.91. The van der Waals surface area contributed by atoms with Crippen LogP contribution in [-0.4, -0.2) is 12.1 Å². The van der Waals surface area contributed by atoms with Crippen LogP contribution in [0.25, 0.3) is 0 Å². The lowest BCUT2D eigenvalue weighted by molar-refractivity contribution is 0.0802. The fourth-order valence-electron chi connectivity index (χ4n) is 3.73. The van der Waals surface area contributed by atoms with Gasteiger partial charge in [0.25, 0.3) is 0 Å². The Balaban J connectivity index is 2.62. The molecule has 1 N–H and O–H groups in total. The monoisotopic (exact) mass is 236 g/mol. The molecule has 0 aromatic rings. The summed E-state index contributed by atoms with van der Waals surface area (Å²) in [5.74, 6) is 0. The van der Waals surface area contributed by atoms with Crippen LogP contribution in [0.5, 0.6) is 0 Å². The van der Waals surface area contributed by atoms with E-state index in [2.05, 4.69) is 46.0 Å². The average molecular weight is 236 g/mol. The zero-order valence-corrected chi connectivity index (χ0v) is 12.1. The van der Waals surface area contributed by atoms with Gasteiger partial charge in [-0.3, -0.25) is 0 Å². The minimum absolute atomic E-state index is 0.370. The van der Waals surface area contributed by atoms with Crippen LogP contribution >= 0.6 is 0 Å². The number of rotatable bonds is 4. The predicted octanol–water partition coefficient (Wildman–Crippen LogP) is 3.87. The van der Waals surface area contributed by atoms with Crippen molar-refractivity contribution >= 4 is 0 Å². The second-order valence-electron chi connectivity index (χ2n) is 7.24. The number of hydrogen-bond acceptors (Lipinski definition) is 2. The molecule has 1 aliphatic carbocycles. The molecule has 0 heterocycles. The molecule has 1 fully saturated rings. The van der Waals surface area contributed by atoms with Crippen LogP contribution in [0.15, 0.2) is 0 Å². The molecule has 1 atom stereocenters. The van der Waals surface area contributed by atoms with E-state index < -0.39 is 0 Å². The average Bonchev–Trinajstić information content (AvgIpc) is 2.11. The van der Waals surface area contributed by atoms with Gasteiger partial charge in [-0.15, -0.1) is 0 Å². The van der Waals surface area contributed by atoms with Crippen LogP contribution in [0.4, 0.5) is 0 Å². The van der Waals surface area contributed by atoms with Gasteiger partial charge in [0.2, 0.25) is 0 Å². The van der Waals surface area contributed by atoms with E-state index in [0.717, 1.165) is 6.42 Å². The molecule has 98 valence electrons. The number of hydrogen-bond donors (Lipinski definition) is 1. The quantitative estimate of drug-likeness (QED) is 0.804. The van der Waals surface area contributed by atoms with E-state index in [1.165, 1.54) is 19.3 Å². The van der Waals surface area contributed by atoms with Gasteiger partial charge in [-0.05, 0) is 36.5 Å². The predicted molar refractivity (Wildman–Crippen MR) is 72.6 cm³/mol. The Morgan fingerprint density at radius 2 is 1.76 bits per heavy atom. The van der Waals surface area contributed by atoms with Crippen LogP contribution in [0.2, 0.25) is 0 Å². The van der Waals surface area contributed by atoms with Crippen molar-refractivity contribution in [1.82, 2.24) is 5.32 Å². The summed E-state index contributed by atoms with van der Waals surface area (Å²) in [7, 11) is 0. The van der Waals surface area contributed by atoms with Gasteiger partial charge < -0.3 is 5.32 Å². The Labute approximate surface area is 107 Å². The summed E-state index contributed by atoms with van der Waals surface area (Å²) in [6, 6.07) is 3.23. The van der Waals surface area contributed by atoms with E-state index in [1.54, 1.807) is 0 Å². The molecule has 0 aromatic heterocycles. The van der Waals surface area contributed by atoms with E-state index in [1.807, 2.05) is 0 Å². The molecule has 1 unspecified atom stereocenters. The summed E-state index contributed by atoms with van der Waals surface area (Å²) in [6.45, 7) is 11.6. The maximum absolute atomic E-state index is 8.81. The highest BCUT2D eigenvalue weighted by Gasteiger charge is 2.38. The smallest absolute Gasteiger partial charge is 0.0638 e. The highest BCUT2D eigenvalue weighted by Crippen LogP contribution is 2.45. The largest absolute Gasteiger partial charge is 0.310 e. The summed E-state index contributed by atoms with van der Waals surface area (Å²) in [5, 5.41) is 12.5. The SMILES string of the molecule is CCC(CC#N)NC1CC(C)(C)CC(C)(C)C1. The minimum atomic E-state index is 0.370. The third-order valence-corrected chi connectivity index (χ3v) is 3.86. The van der Waals surface area contributed by atoms with Gasteiger partial charge in [0, 0.05) is 12.1 Å². The van der Waals surface area contributed by atoms with E-state index in [4.69, 9.17) is 5.26 Å². The van der Waals surface area contributed by atoms with Crippen molar-refractivity contribution in [1.29, 1.82) is 5.26 Å². The Kier molecular flexibility index (Phi) is 4.61. The number of nitrogens with one attached hydrogen (secondary N) is 1. The summed E-state index contributed by atoms with van der Waals surface area (Å²) >= 11 is 0. The fourth-order valence-corrected chi connectivity index (χ4v) is 3.73. The summed E-state index contributed by atoms with van der Waals surface area (Å²) in [5.41, 5.74) is 0.842. The highest BCUT2D eigenvalue weighted by atomic mass is 15.0. The lowest BCUT2D eigenvalue weighted by Gasteiger charge is -2.46. The maximum Gasteiger partial charge on any atom is 0.0638 e. The molecule has 0 saturated heterocycles. The minimum Gasteiger partial charge on any atom is -0.310 e. The molecule has 1 saturated carbocycles. The lowest BCUT2D eigenvalue weighted by Crippen LogP contribution is -2.47. The van der Waals surface area contributed by atoms with Crippen molar-refractivity contribution in [3.8, 4) is 6.07 Å². The molecule has 2 nitrogen and oxygen atoms in total. The molecule has 0 spiro atoms. The van der Waals surface area contributed by atoms with E-state index in [-0.39, 0.29) is 0 Å². The van der Waals surface area contributed by atoms with Crippen molar-refractivity contribution in [2.24, 2.45) is 10.8 Å². The molecular weight excluding hydrogens is 208 g/mol. The van der Waals surface area contributed by atoms with Gasteiger partial charge in [0.1, 0.15) is 0 Å². The molecule has 0 radical (unpaired) electrons. The van der Waals surface area contributed by atoms with Gasteiger partial charge >= 0.3 is 0 Å². The van der Waals surface area contributed by atoms with Crippen LogP contribution in [0, 0.1) is 22.2 Å².